The van der Waals surface area contributed by atoms with Crippen LogP contribution in [0.3, 0.4) is 0 Å². The SMILES string of the molecule is O=C(C1CCCN1C1CCOCC1)N1CCC(Cc2ccccn2)CC1. The van der Waals surface area contributed by atoms with Gasteiger partial charge >= 0.3 is 0 Å². The predicted molar refractivity (Wildman–Crippen MR) is 101 cm³/mol. The molecule has 4 heterocycles. The summed E-state index contributed by atoms with van der Waals surface area (Å²) in [6.07, 6.45) is 9.47. The molecule has 0 spiro atoms. The number of hydrogen-bond acceptors (Lipinski definition) is 4. The molecular formula is C21H31N3O2. The van der Waals surface area contributed by atoms with Crippen molar-refractivity contribution in [2.45, 2.75) is 57.0 Å². The molecule has 1 amide bonds. The van der Waals surface area contributed by atoms with Gasteiger partial charge in [-0.25, -0.2) is 0 Å². The highest BCUT2D eigenvalue weighted by Gasteiger charge is 2.38. The van der Waals surface area contributed by atoms with Crippen LogP contribution < -0.4 is 0 Å². The van der Waals surface area contributed by atoms with Crippen molar-refractivity contribution in [2.75, 3.05) is 32.8 Å². The monoisotopic (exact) mass is 357 g/mol. The van der Waals surface area contributed by atoms with E-state index in [-0.39, 0.29) is 6.04 Å². The van der Waals surface area contributed by atoms with Gasteiger partial charge in [-0.1, -0.05) is 6.07 Å². The Kier molecular flexibility index (Phi) is 5.85. The van der Waals surface area contributed by atoms with Crippen molar-refractivity contribution in [3.8, 4) is 0 Å². The first kappa shape index (κ1) is 17.9. The zero-order valence-corrected chi connectivity index (χ0v) is 15.7. The van der Waals surface area contributed by atoms with Crippen LogP contribution in [0.4, 0.5) is 0 Å². The van der Waals surface area contributed by atoms with Crippen molar-refractivity contribution in [1.82, 2.24) is 14.8 Å². The summed E-state index contributed by atoms with van der Waals surface area (Å²) in [6, 6.07) is 6.80. The Bertz CT molecular complexity index is 580. The maximum atomic E-state index is 13.2. The van der Waals surface area contributed by atoms with Gasteiger partial charge in [0, 0.05) is 44.2 Å². The van der Waals surface area contributed by atoms with Gasteiger partial charge in [0.15, 0.2) is 0 Å². The number of piperidine rings is 1. The van der Waals surface area contributed by atoms with Gasteiger partial charge in [-0.2, -0.15) is 0 Å². The van der Waals surface area contributed by atoms with Gasteiger partial charge in [0.2, 0.25) is 5.91 Å². The molecule has 0 aliphatic carbocycles. The maximum absolute atomic E-state index is 13.2. The number of nitrogens with zero attached hydrogens (tertiary/aromatic N) is 3. The maximum Gasteiger partial charge on any atom is 0.239 e. The molecule has 1 unspecified atom stereocenters. The fraction of sp³-hybridized carbons (Fsp3) is 0.714. The highest BCUT2D eigenvalue weighted by molar-refractivity contribution is 5.82. The molecule has 0 aromatic carbocycles. The van der Waals surface area contributed by atoms with Crippen LogP contribution in [-0.4, -0.2) is 65.6 Å². The quantitative estimate of drug-likeness (QED) is 0.831. The number of carbonyl (C=O) groups is 1. The molecule has 0 N–H and O–H groups in total. The Labute approximate surface area is 156 Å². The third kappa shape index (κ3) is 4.09. The molecule has 5 heteroatoms. The second-order valence-corrected chi connectivity index (χ2v) is 8.03. The normalized spacial score (nSPS) is 26.3. The summed E-state index contributed by atoms with van der Waals surface area (Å²) in [5.74, 6) is 1.04. The smallest absolute Gasteiger partial charge is 0.239 e. The summed E-state index contributed by atoms with van der Waals surface area (Å²) >= 11 is 0. The molecule has 3 saturated heterocycles. The van der Waals surface area contributed by atoms with Gasteiger partial charge < -0.3 is 9.64 Å². The number of amides is 1. The van der Waals surface area contributed by atoms with Crippen LogP contribution in [0.25, 0.3) is 0 Å². The van der Waals surface area contributed by atoms with Crippen LogP contribution >= 0.6 is 0 Å². The van der Waals surface area contributed by atoms with Gasteiger partial charge in [-0.05, 0) is 69.5 Å². The first-order chi connectivity index (χ1) is 12.8. The summed E-state index contributed by atoms with van der Waals surface area (Å²) < 4.78 is 5.50. The van der Waals surface area contributed by atoms with E-state index in [1.807, 2.05) is 12.3 Å². The zero-order valence-electron chi connectivity index (χ0n) is 15.7. The zero-order chi connectivity index (χ0) is 17.8. The van der Waals surface area contributed by atoms with Gasteiger partial charge in [-0.15, -0.1) is 0 Å². The molecule has 1 atom stereocenters. The fourth-order valence-electron chi connectivity index (χ4n) is 4.89. The first-order valence-electron chi connectivity index (χ1n) is 10.3. The fourth-order valence-corrected chi connectivity index (χ4v) is 4.89. The minimum atomic E-state index is 0.116. The first-order valence-corrected chi connectivity index (χ1v) is 10.3. The molecule has 5 nitrogen and oxygen atoms in total. The Morgan fingerprint density at radius 1 is 1.08 bits per heavy atom. The number of likely N-dealkylation sites (tertiary alicyclic amines) is 2. The van der Waals surface area contributed by atoms with E-state index >= 15 is 0 Å². The van der Waals surface area contributed by atoms with Crippen LogP contribution in [0.2, 0.25) is 0 Å². The van der Waals surface area contributed by atoms with Crippen molar-refractivity contribution in [2.24, 2.45) is 5.92 Å². The van der Waals surface area contributed by atoms with E-state index in [0.717, 1.165) is 77.8 Å². The third-order valence-corrected chi connectivity index (χ3v) is 6.39. The molecule has 26 heavy (non-hydrogen) atoms. The lowest BCUT2D eigenvalue weighted by Gasteiger charge is -2.39. The van der Waals surface area contributed by atoms with Crippen molar-refractivity contribution in [1.29, 1.82) is 0 Å². The lowest BCUT2D eigenvalue weighted by atomic mass is 9.91. The van der Waals surface area contributed by atoms with E-state index in [1.54, 1.807) is 0 Å². The Hall–Kier alpha value is -1.46. The Balaban J connectivity index is 1.30. The lowest BCUT2D eigenvalue weighted by molar-refractivity contribution is -0.138. The molecule has 3 fully saturated rings. The average molecular weight is 357 g/mol. The molecular weight excluding hydrogens is 326 g/mol. The molecule has 3 aliphatic heterocycles. The van der Waals surface area contributed by atoms with E-state index in [2.05, 4.69) is 26.9 Å². The number of ether oxygens (including phenoxy) is 1. The highest BCUT2D eigenvalue weighted by atomic mass is 16.5. The molecule has 4 rings (SSSR count). The largest absolute Gasteiger partial charge is 0.381 e. The predicted octanol–water partition coefficient (Wildman–Crippen LogP) is 2.51. The topological polar surface area (TPSA) is 45.7 Å². The molecule has 0 bridgehead atoms. The lowest BCUT2D eigenvalue weighted by Crippen LogP contribution is -2.52. The Morgan fingerprint density at radius 3 is 2.62 bits per heavy atom. The van der Waals surface area contributed by atoms with Gasteiger partial charge in [0.1, 0.15) is 0 Å². The molecule has 1 aromatic rings. The van der Waals surface area contributed by atoms with Crippen LogP contribution in [0, 0.1) is 5.92 Å². The van der Waals surface area contributed by atoms with E-state index in [4.69, 9.17) is 4.74 Å². The number of carbonyl (C=O) groups excluding carboxylic acids is 1. The van der Waals surface area contributed by atoms with E-state index in [1.165, 1.54) is 5.69 Å². The summed E-state index contributed by atoms with van der Waals surface area (Å²) in [6.45, 7) is 4.60. The van der Waals surface area contributed by atoms with Crippen LogP contribution in [0.1, 0.15) is 44.2 Å². The van der Waals surface area contributed by atoms with E-state index in [0.29, 0.717) is 17.9 Å². The van der Waals surface area contributed by atoms with Gasteiger partial charge in [0.05, 0.1) is 6.04 Å². The minimum absolute atomic E-state index is 0.116. The highest BCUT2D eigenvalue weighted by Crippen LogP contribution is 2.28. The van der Waals surface area contributed by atoms with Gasteiger partial charge in [0.25, 0.3) is 0 Å². The number of hydrogen-bond donors (Lipinski definition) is 0. The van der Waals surface area contributed by atoms with Crippen LogP contribution in [0.15, 0.2) is 24.4 Å². The molecule has 1 aromatic heterocycles. The summed E-state index contributed by atoms with van der Waals surface area (Å²) in [7, 11) is 0. The summed E-state index contributed by atoms with van der Waals surface area (Å²) in [5.41, 5.74) is 1.18. The Morgan fingerprint density at radius 2 is 1.88 bits per heavy atom. The minimum Gasteiger partial charge on any atom is -0.381 e. The van der Waals surface area contributed by atoms with Crippen molar-refractivity contribution < 1.29 is 9.53 Å². The number of rotatable bonds is 4. The molecule has 0 saturated carbocycles. The molecule has 3 aliphatic rings. The number of aromatic nitrogens is 1. The van der Waals surface area contributed by atoms with Crippen molar-refractivity contribution >= 4 is 5.91 Å². The summed E-state index contributed by atoms with van der Waals surface area (Å²) in [4.78, 5) is 22.2. The van der Waals surface area contributed by atoms with Crippen molar-refractivity contribution in [3.63, 3.8) is 0 Å². The second-order valence-electron chi connectivity index (χ2n) is 8.03. The third-order valence-electron chi connectivity index (χ3n) is 6.39. The number of pyridine rings is 1. The van der Waals surface area contributed by atoms with Gasteiger partial charge in [-0.3, -0.25) is 14.7 Å². The second kappa shape index (κ2) is 8.49. The molecule has 0 radical (unpaired) electrons. The van der Waals surface area contributed by atoms with Crippen LogP contribution in [0.5, 0.6) is 0 Å². The van der Waals surface area contributed by atoms with Crippen molar-refractivity contribution in [3.05, 3.63) is 30.1 Å². The molecule has 142 valence electrons. The van der Waals surface area contributed by atoms with Crippen LogP contribution in [-0.2, 0) is 16.0 Å². The average Bonchev–Trinajstić information content (AvgIpc) is 3.19. The standard InChI is InChI=1S/C21H31N3O2/c25-21(20-5-3-11-24(20)19-8-14-26-15-9-19)23-12-6-17(7-13-23)16-18-4-1-2-10-22-18/h1-2,4,10,17,19-20H,3,5-9,11-16H2. The van der Waals surface area contributed by atoms with E-state index in [9.17, 15) is 4.79 Å². The summed E-state index contributed by atoms with van der Waals surface area (Å²) in [5, 5.41) is 0. The van der Waals surface area contributed by atoms with E-state index < -0.39 is 0 Å².